The number of aliphatic hydroxyl groups excluding tert-OH is 1. The fraction of sp³-hybridized carbons (Fsp3) is 0.717. The molecular formula is C53H92O4. The van der Waals surface area contributed by atoms with Gasteiger partial charge in [-0.3, -0.25) is 4.79 Å². The number of esters is 1. The van der Waals surface area contributed by atoms with Crippen molar-refractivity contribution in [1.82, 2.24) is 0 Å². The molecule has 57 heavy (non-hydrogen) atoms. The maximum Gasteiger partial charge on any atom is 0.306 e. The highest BCUT2D eigenvalue weighted by Gasteiger charge is 2.13. The molecule has 0 aromatic heterocycles. The number of carbonyl (C=O) groups is 1. The molecule has 0 aliphatic carbocycles. The summed E-state index contributed by atoms with van der Waals surface area (Å²) >= 11 is 0. The fourth-order valence-corrected chi connectivity index (χ4v) is 6.62. The van der Waals surface area contributed by atoms with Crippen LogP contribution in [-0.2, 0) is 14.3 Å². The smallest absolute Gasteiger partial charge is 0.306 e. The highest BCUT2D eigenvalue weighted by Crippen LogP contribution is 2.14. The first-order chi connectivity index (χ1) is 28.2. The van der Waals surface area contributed by atoms with Gasteiger partial charge in [-0.2, -0.15) is 0 Å². The Labute approximate surface area is 354 Å². The van der Waals surface area contributed by atoms with Crippen LogP contribution in [0.5, 0.6) is 0 Å². The molecule has 0 fully saturated rings. The summed E-state index contributed by atoms with van der Waals surface area (Å²) in [4.78, 5) is 12.2. The van der Waals surface area contributed by atoms with Crippen LogP contribution in [0.15, 0.2) is 85.1 Å². The second kappa shape index (κ2) is 49.7. The first-order valence-electron chi connectivity index (χ1n) is 24.2. The number of hydrogen-bond acceptors (Lipinski definition) is 4. The van der Waals surface area contributed by atoms with E-state index in [1.54, 1.807) is 0 Å². The SMILES string of the molecule is CC/C=C\C/C=C\C/C=C\C/C=C\CCCCCCCCC(=O)OC(CO)COCCCCCCCCCCCCC/C=C\C/C=C\C/C=C\CCCCCCC. The minimum absolute atomic E-state index is 0.183. The molecule has 0 radical (unpaired) electrons. The van der Waals surface area contributed by atoms with Gasteiger partial charge in [0.2, 0.25) is 0 Å². The second-order valence-corrected chi connectivity index (χ2v) is 15.8. The summed E-state index contributed by atoms with van der Waals surface area (Å²) in [6.45, 7) is 5.20. The number of aliphatic hydroxyl groups is 1. The summed E-state index contributed by atoms with van der Waals surface area (Å²) in [5, 5.41) is 9.63. The molecule has 1 atom stereocenters. The largest absolute Gasteiger partial charge is 0.457 e. The van der Waals surface area contributed by atoms with E-state index in [0.29, 0.717) is 13.0 Å². The van der Waals surface area contributed by atoms with Crippen LogP contribution in [0.25, 0.3) is 0 Å². The molecule has 1 unspecified atom stereocenters. The number of rotatable bonds is 44. The molecule has 0 spiro atoms. The highest BCUT2D eigenvalue weighted by atomic mass is 16.6. The zero-order valence-corrected chi connectivity index (χ0v) is 37.6. The van der Waals surface area contributed by atoms with Gasteiger partial charge in [0.1, 0.15) is 6.10 Å². The number of allylic oxidation sites excluding steroid dienone is 14. The van der Waals surface area contributed by atoms with Gasteiger partial charge in [0, 0.05) is 13.0 Å². The van der Waals surface area contributed by atoms with Crippen LogP contribution < -0.4 is 0 Å². The first-order valence-corrected chi connectivity index (χ1v) is 24.2. The van der Waals surface area contributed by atoms with Crippen molar-refractivity contribution in [3.63, 3.8) is 0 Å². The molecular weight excluding hydrogens is 701 g/mol. The first kappa shape index (κ1) is 54.6. The fourth-order valence-electron chi connectivity index (χ4n) is 6.62. The number of carbonyl (C=O) groups excluding carboxylic acids is 1. The third-order valence-electron chi connectivity index (χ3n) is 10.2. The Kier molecular flexibility index (Phi) is 47.6. The Morgan fingerprint density at radius 1 is 0.439 bits per heavy atom. The van der Waals surface area contributed by atoms with Gasteiger partial charge < -0.3 is 14.6 Å². The molecule has 0 rings (SSSR count). The molecule has 0 amide bonds. The Morgan fingerprint density at radius 3 is 1.19 bits per heavy atom. The Morgan fingerprint density at radius 2 is 0.789 bits per heavy atom. The van der Waals surface area contributed by atoms with E-state index < -0.39 is 6.10 Å². The molecule has 0 saturated carbocycles. The van der Waals surface area contributed by atoms with Crippen molar-refractivity contribution in [2.45, 2.75) is 225 Å². The normalized spacial score (nSPS) is 13.1. The number of hydrogen-bond donors (Lipinski definition) is 1. The number of unbranched alkanes of at least 4 members (excludes halogenated alkanes) is 22. The summed E-state index contributed by atoms with van der Waals surface area (Å²) in [6.07, 6.45) is 69.5. The molecule has 4 nitrogen and oxygen atoms in total. The monoisotopic (exact) mass is 793 g/mol. The third-order valence-corrected chi connectivity index (χ3v) is 10.2. The molecule has 0 aliphatic rings. The maximum absolute atomic E-state index is 12.2. The van der Waals surface area contributed by atoms with Gasteiger partial charge in [-0.1, -0.05) is 208 Å². The molecule has 328 valence electrons. The van der Waals surface area contributed by atoms with E-state index >= 15 is 0 Å². The molecule has 0 aromatic rings. The van der Waals surface area contributed by atoms with Gasteiger partial charge in [0.05, 0.1) is 13.2 Å². The Balaban J connectivity index is 3.47. The molecule has 0 aromatic carbocycles. The predicted octanol–water partition coefficient (Wildman–Crippen LogP) is 16.3. The Hall–Kier alpha value is -2.43. The lowest BCUT2D eigenvalue weighted by molar-refractivity contribution is -0.154. The summed E-state index contributed by atoms with van der Waals surface area (Å²) in [5.41, 5.74) is 0. The zero-order valence-electron chi connectivity index (χ0n) is 37.6. The van der Waals surface area contributed by atoms with Gasteiger partial charge in [-0.15, -0.1) is 0 Å². The van der Waals surface area contributed by atoms with Crippen molar-refractivity contribution in [1.29, 1.82) is 0 Å². The van der Waals surface area contributed by atoms with Crippen LogP contribution in [0.2, 0.25) is 0 Å². The Bertz CT molecular complexity index is 1020. The van der Waals surface area contributed by atoms with E-state index in [0.717, 1.165) is 70.6 Å². The van der Waals surface area contributed by atoms with Gasteiger partial charge in [-0.25, -0.2) is 0 Å². The van der Waals surface area contributed by atoms with Crippen molar-refractivity contribution in [2.24, 2.45) is 0 Å². The predicted molar refractivity (Wildman–Crippen MR) is 251 cm³/mol. The molecule has 0 saturated heterocycles. The van der Waals surface area contributed by atoms with Gasteiger partial charge in [-0.05, 0) is 89.9 Å². The summed E-state index contributed by atoms with van der Waals surface area (Å²) in [6, 6.07) is 0. The number of ether oxygens (including phenoxy) is 2. The summed E-state index contributed by atoms with van der Waals surface area (Å²) in [5.74, 6) is -0.217. The van der Waals surface area contributed by atoms with Crippen LogP contribution in [0.3, 0.4) is 0 Å². The molecule has 1 N–H and O–H groups in total. The van der Waals surface area contributed by atoms with Gasteiger partial charge in [0.15, 0.2) is 0 Å². The molecule has 0 aliphatic heterocycles. The average Bonchev–Trinajstić information content (AvgIpc) is 3.22. The van der Waals surface area contributed by atoms with Crippen molar-refractivity contribution < 1.29 is 19.4 Å². The van der Waals surface area contributed by atoms with Crippen LogP contribution >= 0.6 is 0 Å². The lowest BCUT2D eigenvalue weighted by Crippen LogP contribution is -2.27. The highest BCUT2D eigenvalue weighted by molar-refractivity contribution is 5.69. The summed E-state index contributed by atoms with van der Waals surface area (Å²) in [7, 11) is 0. The summed E-state index contributed by atoms with van der Waals surface area (Å²) < 4.78 is 11.2. The van der Waals surface area contributed by atoms with E-state index in [-0.39, 0.29) is 19.2 Å². The molecule has 4 heteroatoms. The van der Waals surface area contributed by atoms with Crippen molar-refractivity contribution in [2.75, 3.05) is 19.8 Å². The van der Waals surface area contributed by atoms with E-state index in [2.05, 4.69) is 98.9 Å². The third kappa shape index (κ3) is 47.8. The van der Waals surface area contributed by atoms with E-state index in [4.69, 9.17) is 9.47 Å². The minimum Gasteiger partial charge on any atom is -0.457 e. The van der Waals surface area contributed by atoms with Gasteiger partial charge in [0.25, 0.3) is 0 Å². The van der Waals surface area contributed by atoms with Crippen molar-refractivity contribution in [3.05, 3.63) is 85.1 Å². The van der Waals surface area contributed by atoms with Crippen LogP contribution in [-0.4, -0.2) is 37.0 Å². The van der Waals surface area contributed by atoms with Crippen LogP contribution in [0.4, 0.5) is 0 Å². The lowest BCUT2D eigenvalue weighted by atomic mass is 10.1. The standard InChI is InChI=1S/C53H92O4/c1-3-5-7-9-11-13-15-17-19-21-23-24-25-26-27-28-29-31-33-35-37-39-41-43-45-47-49-56-51-52(50-54)57-53(55)48-46-44-42-40-38-36-34-32-30-22-20-18-16-14-12-10-8-6-4-2/h6,8,12,14-15,17-18,20-21,23,25-26,30,32,52,54H,3-5,7,9-11,13,16,19,22,24,27-29,31,33-51H2,1-2H3/b8-6-,14-12-,17-15-,20-18-,23-21-,26-25-,32-30-. The van der Waals surface area contributed by atoms with Crippen molar-refractivity contribution in [3.8, 4) is 0 Å². The van der Waals surface area contributed by atoms with E-state index in [1.165, 1.54) is 128 Å². The lowest BCUT2D eigenvalue weighted by Gasteiger charge is -2.16. The van der Waals surface area contributed by atoms with Gasteiger partial charge >= 0.3 is 5.97 Å². The second-order valence-electron chi connectivity index (χ2n) is 15.8. The van der Waals surface area contributed by atoms with E-state index in [9.17, 15) is 9.90 Å². The quantitative estimate of drug-likeness (QED) is 0.0379. The minimum atomic E-state index is -0.549. The topological polar surface area (TPSA) is 55.8 Å². The zero-order chi connectivity index (χ0) is 41.2. The molecule has 0 bridgehead atoms. The van der Waals surface area contributed by atoms with Crippen LogP contribution in [0, 0.1) is 0 Å². The maximum atomic E-state index is 12.2. The van der Waals surface area contributed by atoms with E-state index in [1.807, 2.05) is 0 Å². The van der Waals surface area contributed by atoms with Crippen molar-refractivity contribution >= 4 is 5.97 Å². The van der Waals surface area contributed by atoms with Crippen LogP contribution in [0.1, 0.15) is 219 Å². The average molecular weight is 793 g/mol. The molecule has 0 heterocycles.